The zero-order chi connectivity index (χ0) is 16.4. The number of thiazole rings is 1. The molecule has 1 aromatic heterocycles. The number of nitrogens with zero attached hydrogens (tertiary/aromatic N) is 1. The fourth-order valence-electron chi connectivity index (χ4n) is 1.30. The minimum absolute atomic E-state index is 0.189. The van der Waals surface area contributed by atoms with Gasteiger partial charge in [0.15, 0.2) is 0 Å². The van der Waals surface area contributed by atoms with Gasteiger partial charge in [0.25, 0.3) is 0 Å². The summed E-state index contributed by atoms with van der Waals surface area (Å²) in [6.45, 7) is 13.0. The lowest BCUT2D eigenvalue weighted by molar-refractivity contribution is 0.00749. The van der Waals surface area contributed by atoms with Crippen LogP contribution in [0.5, 0.6) is 0 Å². The van der Waals surface area contributed by atoms with Gasteiger partial charge < -0.3 is 9.29 Å². The molecule has 0 saturated carbocycles. The molecule has 1 aromatic rings. The van der Waals surface area contributed by atoms with E-state index in [1.165, 1.54) is 17.5 Å². The van der Waals surface area contributed by atoms with Gasteiger partial charge in [-0.05, 0) is 48.5 Å². The summed E-state index contributed by atoms with van der Waals surface area (Å²) < 4.78 is 20.0. The minimum Gasteiger partial charge on any atom is -0.598 e. The van der Waals surface area contributed by atoms with Gasteiger partial charge in [-0.1, -0.05) is 0 Å². The Bertz CT molecular complexity index is 489. The first-order valence-corrected chi connectivity index (χ1v) is 8.74. The van der Waals surface area contributed by atoms with E-state index in [2.05, 4.69) is 9.71 Å². The quantitative estimate of drug-likeness (QED) is 0.677. The number of hydrogen-bond donors (Lipinski definition) is 1. The molecule has 5 nitrogen and oxygen atoms in total. The Kier molecular flexibility index (Phi) is 5.83. The molecule has 0 radical (unpaired) electrons. The zero-order valence-corrected chi connectivity index (χ0v) is 15.3. The van der Waals surface area contributed by atoms with E-state index >= 15 is 0 Å². The van der Waals surface area contributed by atoms with E-state index in [1.807, 2.05) is 48.5 Å². The third-order valence-electron chi connectivity index (χ3n) is 2.33. The molecule has 0 aliphatic heterocycles. The summed E-state index contributed by atoms with van der Waals surface area (Å²) in [5.41, 5.74) is -0.529. The molecule has 120 valence electrons. The number of carbonyl (C=O) groups excluding carboxylic acids is 1. The van der Waals surface area contributed by atoms with Gasteiger partial charge in [-0.3, -0.25) is 0 Å². The van der Waals surface area contributed by atoms with Crippen molar-refractivity contribution in [1.82, 2.24) is 9.71 Å². The van der Waals surface area contributed by atoms with Gasteiger partial charge in [-0.15, -0.1) is 16.1 Å². The van der Waals surface area contributed by atoms with Crippen LogP contribution in [0.25, 0.3) is 0 Å². The molecule has 0 aliphatic rings. The molecule has 7 heteroatoms. The van der Waals surface area contributed by atoms with Crippen LogP contribution in [-0.4, -0.2) is 25.9 Å². The van der Waals surface area contributed by atoms with Crippen molar-refractivity contribution in [3.63, 3.8) is 0 Å². The van der Waals surface area contributed by atoms with Gasteiger partial charge in [0, 0.05) is 11.4 Å². The van der Waals surface area contributed by atoms with Crippen molar-refractivity contribution in [3.05, 3.63) is 16.1 Å². The third kappa shape index (κ3) is 5.94. The predicted octanol–water partition coefficient (Wildman–Crippen LogP) is 3.21. The molecule has 0 saturated heterocycles. The van der Waals surface area contributed by atoms with Crippen molar-refractivity contribution in [2.45, 2.75) is 64.9 Å². The lowest BCUT2D eigenvalue weighted by Gasteiger charge is -2.25. The maximum absolute atomic E-state index is 12.1. The van der Waals surface area contributed by atoms with E-state index in [0.717, 1.165) is 0 Å². The van der Waals surface area contributed by atoms with E-state index in [9.17, 15) is 9.35 Å². The lowest BCUT2D eigenvalue weighted by atomic mass is 10.2. The molecule has 0 aromatic carbocycles. The number of nitrogens with one attached hydrogen (secondary N) is 1. The van der Waals surface area contributed by atoms with Gasteiger partial charge in [0.1, 0.15) is 26.3 Å². The first-order chi connectivity index (χ1) is 9.40. The van der Waals surface area contributed by atoms with Crippen molar-refractivity contribution < 1.29 is 14.1 Å². The Morgan fingerprint density at radius 3 is 2.43 bits per heavy atom. The average Bonchev–Trinajstić information content (AvgIpc) is 2.74. The Morgan fingerprint density at radius 2 is 1.95 bits per heavy atom. The average molecular weight is 332 g/mol. The van der Waals surface area contributed by atoms with Crippen LogP contribution < -0.4 is 4.72 Å². The number of carbonyl (C=O) groups is 1. The molecule has 1 rings (SSSR count). The van der Waals surface area contributed by atoms with E-state index < -0.39 is 17.0 Å². The van der Waals surface area contributed by atoms with Gasteiger partial charge in [0.05, 0.1) is 6.20 Å². The summed E-state index contributed by atoms with van der Waals surface area (Å²) in [4.78, 5) is 16.6. The number of hydrogen-bond acceptors (Lipinski definition) is 6. The third-order valence-corrected chi connectivity index (χ3v) is 5.17. The number of ether oxygens (including phenoxy) is 1. The van der Waals surface area contributed by atoms with Gasteiger partial charge >= 0.3 is 5.97 Å². The fraction of sp³-hybridized carbons (Fsp3) is 0.714. The Hall–Kier alpha value is -0.630. The smallest absolute Gasteiger partial charge is 0.350 e. The van der Waals surface area contributed by atoms with Crippen LogP contribution >= 0.6 is 11.3 Å². The van der Waals surface area contributed by atoms with E-state index in [4.69, 9.17) is 4.74 Å². The molecule has 0 amide bonds. The second kappa shape index (κ2) is 6.64. The Labute approximate surface area is 133 Å². The van der Waals surface area contributed by atoms with Gasteiger partial charge in [-0.25, -0.2) is 9.78 Å². The highest BCUT2D eigenvalue weighted by Crippen LogP contribution is 2.24. The van der Waals surface area contributed by atoms with Crippen molar-refractivity contribution >= 4 is 28.7 Å². The van der Waals surface area contributed by atoms with Crippen molar-refractivity contribution in [1.29, 1.82) is 0 Å². The summed E-state index contributed by atoms with van der Waals surface area (Å²) in [6, 6.07) is -0.189. The molecule has 0 unspecified atom stereocenters. The summed E-state index contributed by atoms with van der Waals surface area (Å²) >= 11 is 0.0751. The Morgan fingerprint density at radius 1 is 1.38 bits per heavy atom. The summed E-state index contributed by atoms with van der Waals surface area (Å²) in [7, 11) is 0. The second-order valence-electron chi connectivity index (χ2n) is 6.79. The monoisotopic (exact) mass is 332 g/mol. The Balaban J connectivity index is 2.73. The van der Waals surface area contributed by atoms with Crippen LogP contribution in [-0.2, 0) is 16.1 Å². The molecule has 21 heavy (non-hydrogen) atoms. The molecule has 1 N–H and O–H groups in total. The van der Waals surface area contributed by atoms with E-state index in [-0.39, 0.29) is 16.8 Å². The minimum atomic E-state index is -1.18. The van der Waals surface area contributed by atoms with Crippen LogP contribution in [0.3, 0.4) is 0 Å². The van der Waals surface area contributed by atoms with Crippen LogP contribution in [0, 0.1) is 0 Å². The predicted molar refractivity (Wildman–Crippen MR) is 86.7 cm³/mol. The summed E-state index contributed by atoms with van der Waals surface area (Å²) in [5, 5.41) is 0.716. The highest BCUT2D eigenvalue weighted by atomic mass is 32.2. The normalized spacial score (nSPS) is 15.6. The van der Waals surface area contributed by atoms with Crippen molar-refractivity contribution in [3.8, 4) is 0 Å². The SMILES string of the molecule is C[C@H](N[S@+]([O-])C(C)(C)C)c1ncc(C(=O)OC(C)(C)C)s1. The van der Waals surface area contributed by atoms with Crippen LogP contribution in [0.1, 0.15) is 69.2 Å². The van der Waals surface area contributed by atoms with Crippen LogP contribution in [0.4, 0.5) is 0 Å². The number of rotatable bonds is 4. The van der Waals surface area contributed by atoms with Crippen molar-refractivity contribution in [2.24, 2.45) is 0 Å². The molecule has 0 fully saturated rings. The number of aromatic nitrogens is 1. The highest BCUT2D eigenvalue weighted by Gasteiger charge is 2.29. The maximum Gasteiger partial charge on any atom is 0.350 e. The number of esters is 1. The topological polar surface area (TPSA) is 74.3 Å². The highest BCUT2D eigenvalue weighted by molar-refractivity contribution is 7.90. The molecule has 0 bridgehead atoms. The maximum atomic E-state index is 12.1. The van der Waals surface area contributed by atoms with Gasteiger partial charge in [-0.2, -0.15) is 0 Å². The van der Waals surface area contributed by atoms with Crippen molar-refractivity contribution in [2.75, 3.05) is 0 Å². The first kappa shape index (κ1) is 18.4. The molecule has 0 spiro atoms. The molecule has 2 atom stereocenters. The first-order valence-electron chi connectivity index (χ1n) is 6.77. The fourth-order valence-corrected chi connectivity index (χ4v) is 2.96. The summed E-state index contributed by atoms with van der Waals surface area (Å²) in [6.07, 6.45) is 1.51. The van der Waals surface area contributed by atoms with E-state index in [1.54, 1.807) is 0 Å². The molecular formula is C14H24N2O3S2. The second-order valence-corrected chi connectivity index (χ2v) is 9.85. The van der Waals surface area contributed by atoms with Crippen LogP contribution in [0.15, 0.2) is 6.20 Å². The van der Waals surface area contributed by atoms with Gasteiger partial charge in [0.2, 0.25) is 0 Å². The summed E-state index contributed by atoms with van der Waals surface area (Å²) in [5.74, 6) is -0.379. The standard InChI is InChI=1S/C14H24N2O3S2/c1-9(16-21(18)14(5,6)7)11-15-8-10(20-11)12(17)19-13(2,3)4/h8-9,16H,1-7H3/t9-,21+/m0/s1. The lowest BCUT2D eigenvalue weighted by Crippen LogP contribution is -2.40. The molecule has 1 heterocycles. The van der Waals surface area contributed by atoms with E-state index in [0.29, 0.717) is 9.88 Å². The zero-order valence-electron chi connectivity index (χ0n) is 13.6. The van der Waals surface area contributed by atoms with Crippen LogP contribution in [0.2, 0.25) is 0 Å². The molecule has 0 aliphatic carbocycles. The largest absolute Gasteiger partial charge is 0.598 e. The molecular weight excluding hydrogens is 308 g/mol.